The molecule has 11 nitrogen and oxygen atoms in total. The lowest BCUT2D eigenvalue weighted by Crippen LogP contribution is -2.45. The Hall–Kier alpha value is -4.64. The third kappa shape index (κ3) is 4.44. The van der Waals surface area contributed by atoms with Gasteiger partial charge in [0, 0.05) is 36.4 Å². The molecule has 0 saturated heterocycles. The van der Waals surface area contributed by atoms with E-state index in [1.165, 1.54) is 4.90 Å². The van der Waals surface area contributed by atoms with Gasteiger partial charge in [-0.3, -0.25) is 14.9 Å². The molecule has 176 valence electrons. The summed E-state index contributed by atoms with van der Waals surface area (Å²) in [7, 11) is 1.74. The zero-order valence-electron chi connectivity index (χ0n) is 18.4. The van der Waals surface area contributed by atoms with Crippen molar-refractivity contribution in [3.63, 3.8) is 0 Å². The number of aromatic nitrogens is 4. The van der Waals surface area contributed by atoms with Crippen molar-refractivity contribution in [2.75, 3.05) is 20.4 Å². The molecule has 0 unspecified atom stereocenters. The average Bonchev–Trinajstić information content (AvgIpc) is 3.15. The smallest absolute Gasteiger partial charge is 0.409 e. The Labute approximate surface area is 204 Å². The molecule has 12 heteroatoms. The Morgan fingerprint density at radius 1 is 1.11 bits per heavy atom. The van der Waals surface area contributed by atoms with Gasteiger partial charge in [-0.25, -0.2) is 19.5 Å². The number of nitrogens with one attached hydrogen (secondary N) is 2. The molecule has 2 aromatic carbocycles. The first-order valence-electron chi connectivity index (χ1n) is 10.5. The van der Waals surface area contributed by atoms with Crippen LogP contribution in [0.2, 0.25) is 5.15 Å². The first kappa shape index (κ1) is 22.2. The quantitative estimate of drug-likeness (QED) is 0.360. The fourth-order valence-corrected chi connectivity index (χ4v) is 3.98. The molecule has 0 bridgehead atoms. The standard InChI is InChI=1S/C23H19ClN8O3/c1-30-13-18(19(24)29-30)27-21-25-11-14-12-31(16-7-3-2-4-8-16)23(35)32(20(14)28-21)17-9-5-6-15(10-17)26-22(33)34/h2-11,13,26H,12H2,1H3,(H,33,34)(H,25,27,28). The van der Waals surface area contributed by atoms with Crippen LogP contribution in [0.5, 0.6) is 0 Å². The lowest BCUT2D eigenvalue weighted by atomic mass is 10.1. The summed E-state index contributed by atoms with van der Waals surface area (Å²) in [5.41, 5.74) is 2.68. The van der Waals surface area contributed by atoms with Gasteiger partial charge >= 0.3 is 12.1 Å². The third-order valence-corrected chi connectivity index (χ3v) is 5.54. The maximum Gasteiger partial charge on any atom is 0.409 e. The van der Waals surface area contributed by atoms with Crippen molar-refractivity contribution in [2.24, 2.45) is 7.05 Å². The number of carbonyl (C=O) groups excluding carboxylic acids is 1. The number of carboxylic acid groups (broad SMARTS) is 1. The Morgan fingerprint density at radius 3 is 2.60 bits per heavy atom. The zero-order valence-corrected chi connectivity index (χ0v) is 19.1. The van der Waals surface area contributed by atoms with Crippen LogP contribution in [0.25, 0.3) is 0 Å². The van der Waals surface area contributed by atoms with Crippen LogP contribution in [0.1, 0.15) is 5.56 Å². The summed E-state index contributed by atoms with van der Waals surface area (Å²) in [6.07, 6.45) is 2.12. The predicted molar refractivity (Wildman–Crippen MR) is 132 cm³/mol. The molecule has 3 heterocycles. The number of amides is 3. The summed E-state index contributed by atoms with van der Waals surface area (Å²) in [4.78, 5) is 37.0. The molecule has 0 spiro atoms. The van der Waals surface area contributed by atoms with Gasteiger partial charge in [-0.2, -0.15) is 10.1 Å². The van der Waals surface area contributed by atoms with Crippen LogP contribution in [0, 0.1) is 0 Å². The molecular formula is C23H19ClN8O3. The summed E-state index contributed by atoms with van der Waals surface area (Å²) < 4.78 is 1.55. The van der Waals surface area contributed by atoms with Crippen molar-refractivity contribution in [2.45, 2.75) is 6.54 Å². The van der Waals surface area contributed by atoms with E-state index in [1.807, 2.05) is 30.3 Å². The highest BCUT2D eigenvalue weighted by Crippen LogP contribution is 2.37. The van der Waals surface area contributed by atoms with Gasteiger partial charge in [0.1, 0.15) is 0 Å². The number of aryl methyl sites for hydroxylation is 1. The van der Waals surface area contributed by atoms with Gasteiger partial charge in [0.15, 0.2) is 11.0 Å². The number of carbonyl (C=O) groups is 2. The lowest BCUT2D eigenvalue weighted by molar-refractivity contribution is 0.209. The van der Waals surface area contributed by atoms with Crippen LogP contribution >= 0.6 is 11.6 Å². The van der Waals surface area contributed by atoms with E-state index < -0.39 is 6.09 Å². The molecule has 3 N–H and O–H groups in total. The van der Waals surface area contributed by atoms with E-state index >= 15 is 0 Å². The molecule has 5 rings (SSSR count). The second kappa shape index (κ2) is 8.95. The zero-order chi connectivity index (χ0) is 24.5. The third-order valence-electron chi connectivity index (χ3n) is 5.26. The molecule has 3 amide bonds. The summed E-state index contributed by atoms with van der Waals surface area (Å²) in [5.74, 6) is 0.594. The number of urea groups is 1. The summed E-state index contributed by atoms with van der Waals surface area (Å²) in [5, 5.41) is 18.8. The summed E-state index contributed by atoms with van der Waals surface area (Å²) in [6.45, 7) is 0.260. The van der Waals surface area contributed by atoms with E-state index in [0.717, 1.165) is 0 Å². The molecular weight excluding hydrogens is 472 g/mol. The van der Waals surface area contributed by atoms with Crippen LogP contribution in [0.4, 0.5) is 44.1 Å². The average molecular weight is 491 g/mol. The van der Waals surface area contributed by atoms with Gasteiger partial charge in [-0.05, 0) is 30.3 Å². The normalized spacial score (nSPS) is 12.9. The predicted octanol–water partition coefficient (Wildman–Crippen LogP) is 4.98. The Morgan fingerprint density at radius 2 is 1.89 bits per heavy atom. The fourth-order valence-electron chi connectivity index (χ4n) is 3.77. The van der Waals surface area contributed by atoms with Crippen LogP contribution < -0.4 is 20.4 Å². The minimum atomic E-state index is -1.21. The molecule has 35 heavy (non-hydrogen) atoms. The Kier molecular flexibility index (Phi) is 5.67. The maximum absolute atomic E-state index is 13.7. The first-order chi connectivity index (χ1) is 16.9. The summed E-state index contributed by atoms with van der Waals surface area (Å²) in [6, 6.07) is 15.4. The highest BCUT2D eigenvalue weighted by atomic mass is 35.5. The molecule has 0 fully saturated rings. The number of para-hydroxylation sites is 1. The van der Waals surface area contributed by atoms with E-state index in [4.69, 9.17) is 16.7 Å². The molecule has 0 radical (unpaired) electrons. The Balaban J connectivity index is 1.60. The van der Waals surface area contributed by atoms with E-state index in [0.29, 0.717) is 34.1 Å². The van der Waals surface area contributed by atoms with Gasteiger partial charge in [-0.15, -0.1) is 0 Å². The number of hydrogen-bond donors (Lipinski definition) is 3. The van der Waals surface area contributed by atoms with Crippen LogP contribution in [0.3, 0.4) is 0 Å². The molecule has 1 aliphatic heterocycles. The van der Waals surface area contributed by atoms with Gasteiger partial charge in [0.25, 0.3) is 0 Å². The molecule has 0 aliphatic carbocycles. The molecule has 0 atom stereocenters. The van der Waals surface area contributed by atoms with Gasteiger partial charge in [-0.1, -0.05) is 35.9 Å². The van der Waals surface area contributed by atoms with Gasteiger partial charge in [0.2, 0.25) is 5.95 Å². The van der Waals surface area contributed by atoms with Crippen LogP contribution in [-0.2, 0) is 13.6 Å². The number of nitrogens with zero attached hydrogens (tertiary/aromatic N) is 6. The highest BCUT2D eigenvalue weighted by Gasteiger charge is 2.34. The molecule has 4 aromatic rings. The topological polar surface area (TPSA) is 129 Å². The van der Waals surface area contributed by atoms with E-state index in [1.54, 1.807) is 53.3 Å². The maximum atomic E-state index is 13.7. The largest absolute Gasteiger partial charge is 0.465 e. The number of fused-ring (bicyclic) bond motifs is 1. The van der Waals surface area contributed by atoms with E-state index in [2.05, 4.69) is 25.7 Å². The first-order valence-corrected chi connectivity index (χ1v) is 10.9. The minimum Gasteiger partial charge on any atom is -0.465 e. The SMILES string of the molecule is Cn1cc(Nc2ncc3c(n2)N(c2cccc(NC(=O)O)c2)C(=O)N(c2ccccc2)C3)c(Cl)n1. The Bertz CT molecular complexity index is 1430. The summed E-state index contributed by atoms with van der Waals surface area (Å²) >= 11 is 6.16. The van der Waals surface area contributed by atoms with E-state index in [-0.39, 0.29) is 23.7 Å². The highest BCUT2D eigenvalue weighted by molar-refractivity contribution is 6.32. The number of anilines is 6. The number of hydrogen-bond acceptors (Lipinski definition) is 6. The monoisotopic (exact) mass is 490 g/mol. The second-order valence-electron chi connectivity index (χ2n) is 7.69. The van der Waals surface area contributed by atoms with Crippen molar-refractivity contribution in [3.05, 3.63) is 77.7 Å². The van der Waals surface area contributed by atoms with Crippen molar-refractivity contribution in [1.29, 1.82) is 0 Å². The number of halogens is 1. The van der Waals surface area contributed by atoms with Crippen LogP contribution in [-0.4, -0.2) is 37.0 Å². The van der Waals surface area contributed by atoms with Crippen LogP contribution in [0.15, 0.2) is 67.0 Å². The molecule has 1 aliphatic rings. The minimum absolute atomic E-state index is 0.226. The number of rotatable bonds is 5. The van der Waals surface area contributed by atoms with Gasteiger partial charge < -0.3 is 10.4 Å². The molecule has 0 saturated carbocycles. The molecule has 2 aromatic heterocycles. The number of benzene rings is 2. The van der Waals surface area contributed by atoms with Crippen molar-refractivity contribution < 1.29 is 14.7 Å². The van der Waals surface area contributed by atoms with Crippen molar-refractivity contribution in [3.8, 4) is 0 Å². The lowest BCUT2D eigenvalue weighted by Gasteiger charge is -2.36. The fraction of sp³-hybridized carbons (Fsp3) is 0.0870. The van der Waals surface area contributed by atoms with E-state index in [9.17, 15) is 9.59 Å². The van der Waals surface area contributed by atoms with Crippen molar-refractivity contribution in [1.82, 2.24) is 19.7 Å². The van der Waals surface area contributed by atoms with Gasteiger partial charge in [0.05, 0.1) is 17.9 Å². The second-order valence-corrected chi connectivity index (χ2v) is 8.05. The van der Waals surface area contributed by atoms with Crippen molar-refractivity contribution >= 4 is 58.2 Å².